The molecular weight excluding hydrogens is 238 g/mol. The van der Waals surface area contributed by atoms with Gasteiger partial charge in [0.2, 0.25) is 0 Å². The molecule has 1 saturated carbocycles. The topological polar surface area (TPSA) is 48.3 Å². The van der Waals surface area contributed by atoms with Gasteiger partial charge in [-0.1, -0.05) is 6.92 Å². The predicted molar refractivity (Wildman–Crippen MR) is 75.8 cm³/mol. The Kier molecular flexibility index (Phi) is 5.20. The van der Waals surface area contributed by atoms with Crippen molar-refractivity contribution in [2.45, 2.75) is 38.1 Å². The molecule has 19 heavy (non-hydrogen) atoms. The molecule has 0 bridgehead atoms. The Morgan fingerprint density at radius 1 is 1.42 bits per heavy atom. The van der Waals surface area contributed by atoms with Crippen LogP contribution in [0.5, 0.6) is 0 Å². The Hall–Kier alpha value is -0.630. The van der Waals surface area contributed by atoms with E-state index < -0.39 is 0 Å². The van der Waals surface area contributed by atoms with Crippen molar-refractivity contribution in [1.29, 1.82) is 5.26 Å². The highest BCUT2D eigenvalue weighted by Gasteiger charge is 2.46. The maximum atomic E-state index is 9.65. The number of likely N-dealkylation sites (N-methyl/N-ethyl adjacent to an activating group) is 1. The van der Waals surface area contributed by atoms with E-state index in [1.54, 1.807) is 7.11 Å². The first-order chi connectivity index (χ1) is 9.24. The molecule has 4 nitrogen and oxygen atoms in total. The number of piperidine rings is 1. The normalized spacial score (nSPS) is 27.7. The zero-order valence-corrected chi connectivity index (χ0v) is 12.3. The van der Waals surface area contributed by atoms with E-state index in [1.807, 2.05) is 0 Å². The molecule has 0 spiro atoms. The maximum absolute atomic E-state index is 9.65. The molecule has 1 saturated heterocycles. The Balaban J connectivity index is 1.95. The molecule has 1 aliphatic heterocycles. The summed E-state index contributed by atoms with van der Waals surface area (Å²) in [4.78, 5) is 2.47. The van der Waals surface area contributed by atoms with Crippen molar-refractivity contribution in [2.24, 2.45) is 11.8 Å². The largest absolute Gasteiger partial charge is 0.384 e. The van der Waals surface area contributed by atoms with Crippen LogP contribution in [-0.4, -0.2) is 50.3 Å². The summed E-state index contributed by atoms with van der Waals surface area (Å²) in [5, 5.41) is 13.1. The van der Waals surface area contributed by atoms with Gasteiger partial charge in [0, 0.05) is 20.2 Å². The SMILES string of the molecule is CCNC(C#N)(CN1CCCC(COC)C1)C1CC1. The minimum atomic E-state index is -0.316. The summed E-state index contributed by atoms with van der Waals surface area (Å²) in [5.41, 5.74) is -0.316. The van der Waals surface area contributed by atoms with E-state index in [4.69, 9.17) is 4.74 Å². The summed E-state index contributed by atoms with van der Waals surface area (Å²) in [6, 6.07) is 2.59. The van der Waals surface area contributed by atoms with Crippen LogP contribution in [0.15, 0.2) is 0 Å². The first kappa shape index (κ1) is 14.8. The van der Waals surface area contributed by atoms with Gasteiger partial charge in [-0.3, -0.25) is 5.32 Å². The number of nitrogens with zero attached hydrogens (tertiary/aromatic N) is 2. The first-order valence-electron chi connectivity index (χ1n) is 7.61. The van der Waals surface area contributed by atoms with Crippen LogP contribution in [0.2, 0.25) is 0 Å². The smallest absolute Gasteiger partial charge is 0.122 e. The molecule has 0 aromatic carbocycles. The zero-order valence-electron chi connectivity index (χ0n) is 12.3. The van der Waals surface area contributed by atoms with Gasteiger partial charge in [-0.2, -0.15) is 5.26 Å². The van der Waals surface area contributed by atoms with Crippen molar-refractivity contribution in [3.8, 4) is 6.07 Å². The van der Waals surface area contributed by atoms with Crippen LogP contribution in [0, 0.1) is 23.2 Å². The maximum Gasteiger partial charge on any atom is 0.122 e. The molecule has 0 amide bonds. The lowest BCUT2D eigenvalue weighted by Gasteiger charge is -2.38. The van der Waals surface area contributed by atoms with E-state index in [1.165, 1.54) is 25.7 Å². The number of hydrogen-bond acceptors (Lipinski definition) is 4. The Labute approximate surface area is 117 Å². The first-order valence-corrected chi connectivity index (χ1v) is 7.61. The fraction of sp³-hybridized carbons (Fsp3) is 0.933. The van der Waals surface area contributed by atoms with Crippen molar-refractivity contribution < 1.29 is 4.74 Å². The van der Waals surface area contributed by atoms with Gasteiger partial charge in [-0.15, -0.1) is 0 Å². The third kappa shape index (κ3) is 3.68. The Morgan fingerprint density at radius 2 is 2.21 bits per heavy atom. The van der Waals surface area contributed by atoms with Crippen LogP contribution >= 0.6 is 0 Å². The van der Waals surface area contributed by atoms with E-state index in [-0.39, 0.29) is 5.54 Å². The second-order valence-corrected chi connectivity index (χ2v) is 6.09. The lowest BCUT2D eigenvalue weighted by atomic mass is 9.91. The van der Waals surface area contributed by atoms with Gasteiger partial charge in [0.05, 0.1) is 12.7 Å². The lowest BCUT2D eigenvalue weighted by molar-refractivity contribution is 0.0773. The molecule has 0 radical (unpaired) electrons. The van der Waals surface area contributed by atoms with Crippen LogP contribution in [0.25, 0.3) is 0 Å². The molecule has 2 atom stereocenters. The van der Waals surface area contributed by atoms with Crippen molar-refractivity contribution in [2.75, 3.05) is 39.9 Å². The van der Waals surface area contributed by atoms with Crippen molar-refractivity contribution in [1.82, 2.24) is 10.2 Å². The molecule has 2 fully saturated rings. The molecule has 2 unspecified atom stereocenters. The number of hydrogen-bond donors (Lipinski definition) is 1. The summed E-state index contributed by atoms with van der Waals surface area (Å²) in [5.74, 6) is 1.19. The van der Waals surface area contributed by atoms with Gasteiger partial charge in [-0.05, 0) is 50.6 Å². The van der Waals surface area contributed by atoms with Crippen molar-refractivity contribution in [3.63, 3.8) is 0 Å². The van der Waals surface area contributed by atoms with E-state index in [0.29, 0.717) is 11.8 Å². The fourth-order valence-corrected chi connectivity index (χ4v) is 3.41. The van der Waals surface area contributed by atoms with Crippen LogP contribution in [0.1, 0.15) is 32.6 Å². The molecule has 0 aromatic heterocycles. The highest BCUT2D eigenvalue weighted by atomic mass is 16.5. The second-order valence-electron chi connectivity index (χ2n) is 6.09. The molecule has 4 heteroatoms. The lowest BCUT2D eigenvalue weighted by Crippen LogP contribution is -2.56. The average molecular weight is 265 g/mol. The predicted octanol–water partition coefficient (Wildman–Crippen LogP) is 1.63. The molecule has 108 valence electrons. The van der Waals surface area contributed by atoms with Gasteiger partial charge >= 0.3 is 0 Å². The van der Waals surface area contributed by atoms with Crippen LogP contribution in [0.3, 0.4) is 0 Å². The summed E-state index contributed by atoms with van der Waals surface area (Å²) < 4.78 is 5.29. The third-order valence-electron chi connectivity index (χ3n) is 4.44. The summed E-state index contributed by atoms with van der Waals surface area (Å²) in [6.45, 7) is 6.90. The standard InChI is InChI=1S/C15H27N3O/c1-3-17-15(11-16,14-6-7-14)12-18-8-4-5-13(9-18)10-19-2/h13-14,17H,3-10,12H2,1-2H3. The molecule has 2 rings (SSSR count). The van der Waals surface area contributed by atoms with Gasteiger partial charge < -0.3 is 9.64 Å². The number of ether oxygens (including phenoxy) is 1. The highest BCUT2D eigenvalue weighted by Crippen LogP contribution is 2.40. The number of nitrogens with one attached hydrogen (secondary N) is 1. The fourth-order valence-electron chi connectivity index (χ4n) is 3.41. The number of likely N-dealkylation sites (tertiary alicyclic amines) is 1. The van der Waals surface area contributed by atoms with Gasteiger partial charge in [0.25, 0.3) is 0 Å². The molecule has 1 N–H and O–H groups in total. The monoisotopic (exact) mass is 265 g/mol. The molecular formula is C15H27N3O. The van der Waals surface area contributed by atoms with Crippen LogP contribution in [0.4, 0.5) is 0 Å². The number of rotatable bonds is 7. The summed E-state index contributed by atoms with van der Waals surface area (Å²) >= 11 is 0. The third-order valence-corrected chi connectivity index (χ3v) is 4.44. The second kappa shape index (κ2) is 6.69. The minimum absolute atomic E-state index is 0.316. The van der Waals surface area contributed by atoms with Gasteiger partial charge in [0.1, 0.15) is 5.54 Å². The van der Waals surface area contributed by atoms with Crippen LogP contribution < -0.4 is 5.32 Å². The molecule has 1 aliphatic carbocycles. The van der Waals surface area contributed by atoms with E-state index in [9.17, 15) is 5.26 Å². The zero-order chi connectivity index (χ0) is 13.7. The van der Waals surface area contributed by atoms with Gasteiger partial charge in [0.15, 0.2) is 0 Å². The van der Waals surface area contributed by atoms with Crippen LogP contribution in [-0.2, 0) is 4.74 Å². The molecule has 1 heterocycles. The van der Waals surface area contributed by atoms with Gasteiger partial charge in [-0.25, -0.2) is 0 Å². The Morgan fingerprint density at radius 3 is 2.79 bits per heavy atom. The van der Waals surface area contributed by atoms with E-state index >= 15 is 0 Å². The Bertz CT molecular complexity index is 322. The molecule has 2 aliphatic rings. The van der Waals surface area contributed by atoms with E-state index in [2.05, 4.69) is 23.2 Å². The summed E-state index contributed by atoms with van der Waals surface area (Å²) in [7, 11) is 1.78. The number of nitriles is 1. The van der Waals surface area contributed by atoms with E-state index in [0.717, 1.165) is 32.8 Å². The number of methoxy groups -OCH3 is 1. The van der Waals surface area contributed by atoms with Crippen molar-refractivity contribution >= 4 is 0 Å². The average Bonchev–Trinajstić information content (AvgIpc) is 3.24. The highest BCUT2D eigenvalue weighted by molar-refractivity contribution is 5.16. The van der Waals surface area contributed by atoms with Crippen molar-refractivity contribution in [3.05, 3.63) is 0 Å². The quantitative estimate of drug-likeness (QED) is 0.760. The summed E-state index contributed by atoms with van der Waals surface area (Å²) in [6.07, 6.45) is 4.90. The minimum Gasteiger partial charge on any atom is -0.384 e. The molecule has 0 aromatic rings.